The molecular formula is C28H27N3O4. The van der Waals surface area contributed by atoms with E-state index in [4.69, 9.17) is 4.74 Å². The summed E-state index contributed by atoms with van der Waals surface area (Å²) in [6.45, 7) is 1.97. The molecular weight excluding hydrogens is 442 g/mol. The van der Waals surface area contributed by atoms with Crippen LogP contribution < -0.4 is 10.2 Å². The number of carbonyl (C=O) groups is 3. The van der Waals surface area contributed by atoms with Crippen LogP contribution in [0, 0.1) is 0 Å². The number of cyclic esters (lactones) is 1. The highest BCUT2D eigenvalue weighted by molar-refractivity contribution is 6.09. The molecule has 2 heterocycles. The Morgan fingerprint density at radius 3 is 2.40 bits per heavy atom. The van der Waals surface area contributed by atoms with E-state index in [2.05, 4.69) is 10.2 Å². The first kappa shape index (κ1) is 22.8. The first-order valence-electron chi connectivity index (χ1n) is 11.8. The van der Waals surface area contributed by atoms with Gasteiger partial charge in [-0.15, -0.1) is 0 Å². The van der Waals surface area contributed by atoms with Gasteiger partial charge in [0, 0.05) is 41.5 Å². The Bertz CT molecular complexity index is 1240. The second kappa shape index (κ2) is 10.1. The van der Waals surface area contributed by atoms with E-state index in [-0.39, 0.29) is 30.4 Å². The van der Waals surface area contributed by atoms with Gasteiger partial charge in [0.1, 0.15) is 6.61 Å². The lowest BCUT2D eigenvalue weighted by Crippen LogP contribution is -2.50. The van der Waals surface area contributed by atoms with E-state index in [9.17, 15) is 14.4 Å². The number of nitrogens with one attached hydrogen (secondary N) is 1. The van der Waals surface area contributed by atoms with Gasteiger partial charge in [-0.05, 0) is 31.0 Å². The average molecular weight is 470 g/mol. The lowest BCUT2D eigenvalue weighted by atomic mass is 10.0. The minimum atomic E-state index is -0.301. The molecule has 0 radical (unpaired) electrons. The van der Waals surface area contributed by atoms with Gasteiger partial charge in [0.2, 0.25) is 5.91 Å². The summed E-state index contributed by atoms with van der Waals surface area (Å²) >= 11 is 0. The Balaban J connectivity index is 1.16. The number of amides is 2. The van der Waals surface area contributed by atoms with Gasteiger partial charge in [0.15, 0.2) is 5.78 Å². The minimum absolute atomic E-state index is 0.0453. The van der Waals surface area contributed by atoms with E-state index < -0.39 is 0 Å². The van der Waals surface area contributed by atoms with Crippen molar-refractivity contribution < 1.29 is 19.1 Å². The quantitative estimate of drug-likeness (QED) is 0.539. The number of benzene rings is 3. The van der Waals surface area contributed by atoms with Crippen molar-refractivity contribution in [3.8, 4) is 0 Å². The molecule has 3 aromatic rings. The molecule has 0 spiro atoms. The van der Waals surface area contributed by atoms with Crippen molar-refractivity contribution >= 4 is 29.2 Å². The van der Waals surface area contributed by atoms with Crippen molar-refractivity contribution in [2.45, 2.75) is 25.5 Å². The summed E-state index contributed by atoms with van der Waals surface area (Å²) in [7, 11) is 0. The minimum Gasteiger partial charge on any atom is -0.444 e. The summed E-state index contributed by atoms with van der Waals surface area (Å²) in [4.78, 5) is 41.8. The maximum Gasteiger partial charge on any atom is 0.414 e. The highest BCUT2D eigenvalue weighted by Gasteiger charge is 2.34. The van der Waals surface area contributed by atoms with Gasteiger partial charge in [-0.1, -0.05) is 60.7 Å². The second-order valence-corrected chi connectivity index (χ2v) is 8.88. The molecule has 7 nitrogen and oxygen atoms in total. The number of rotatable bonds is 6. The molecule has 5 rings (SSSR count). The number of ketones is 1. The molecule has 0 atom stereocenters. The Hall–Kier alpha value is -3.97. The molecule has 2 aliphatic rings. The SMILES string of the molecule is O=C(CN1CCC(N2C(=O)OCc3ccccc32)CC1)Nc1cccc(C(=O)c2ccccc2)c1. The van der Waals surface area contributed by atoms with Gasteiger partial charge in [-0.2, -0.15) is 0 Å². The van der Waals surface area contributed by atoms with Crippen LogP contribution in [0.25, 0.3) is 0 Å². The van der Waals surface area contributed by atoms with Crippen molar-refractivity contribution in [3.63, 3.8) is 0 Å². The van der Waals surface area contributed by atoms with E-state index in [1.165, 1.54) is 0 Å². The fourth-order valence-electron chi connectivity index (χ4n) is 4.75. The Morgan fingerprint density at radius 1 is 0.886 bits per heavy atom. The number of anilines is 2. The molecule has 2 amide bonds. The van der Waals surface area contributed by atoms with Crippen LogP contribution in [0.3, 0.4) is 0 Å². The van der Waals surface area contributed by atoms with Crippen molar-refractivity contribution in [3.05, 3.63) is 95.6 Å². The molecule has 7 heteroatoms. The zero-order chi connectivity index (χ0) is 24.2. The van der Waals surface area contributed by atoms with Crippen LogP contribution in [0.5, 0.6) is 0 Å². The number of likely N-dealkylation sites (tertiary alicyclic amines) is 1. The zero-order valence-corrected chi connectivity index (χ0v) is 19.4. The van der Waals surface area contributed by atoms with Gasteiger partial charge in [0.25, 0.3) is 0 Å². The molecule has 2 aliphatic heterocycles. The third-order valence-electron chi connectivity index (χ3n) is 6.53. The number of hydrogen-bond acceptors (Lipinski definition) is 5. The molecule has 1 fully saturated rings. The predicted molar refractivity (Wildman–Crippen MR) is 134 cm³/mol. The van der Waals surface area contributed by atoms with Gasteiger partial charge < -0.3 is 10.1 Å². The van der Waals surface area contributed by atoms with Gasteiger partial charge in [0.05, 0.1) is 12.2 Å². The van der Waals surface area contributed by atoms with Crippen molar-refractivity contribution in [2.24, 2.45) is 0 Å². The summed E-state index contributed by atoms with van der Waals surface area (Å²) in [6.07, 6.45) is 1.22. The Labute approximate surface area is 204 Å². The normalized spacial score (nSPS) is 16.3. The highest BCUT2D eigenvalue weighted by Crippen LogP contribution is 2.31. The van der Waals surface area contributed by atoms with Crippen LogP contribution >= 0.6 is 0 Å². The molecule has 1 N–H and O–H groups in total. The van der Waals surface area contributed by atoms with E-state index in [1.54, 1.807) is 41.3 Å². The average Bonchev–Trinajstić information content (AvgIpc) is 2.89. The number of para-hydroxylation sites is 1. The third-order valence-corrected chi connectivity index (χ3v) is 6.53. The van der Waals surface area contributed by atoms with E-state index in [0.29, 0.717) is 36.5 Å². The molecule has 0 unspecified atom stereocenters. The maximum absolute atomic E-state index is 12.7. The van der Waals surface area contributed by atoms with Crippen LogP contribution in [0.4, 0.5) is 16.2 Å². The summed E-state index contributed by atoms with van der Waals surface area (Å²) in [5, 5.41) is 2.91. The smallest absolute Gasteiger partial charge is 0.414 e. The van der Waals surface area contributed by atoms with Crippen LogP contribution in [0.2, 0.25) is 0 Å². The summed E-state index contributed by atoms with van der Waals surface area (Å²) in [6, 6.07) is 24.0. The molecule has 35 heavy (non-hydrogen) atoms. The third kappa shape index (κ3) is 5.10. The zero-order valence-electron chi connectivity index (χ0n) is 19.4. The van der Waals surface area contributed by atoms with E-state index >= 15 is 0 Å². The fourth-order valence-corrected chi connectivity index (χ4v) is 4.75. The van der Waals surface area contributed by atoms with Gasteiger partial charge in [-0.25, -0.2) is 4.79 Å². The number of carbonyl (C=O) groups excluding carboxylic acids is 3. The summed E-state index contributed by atoms with van der Waals surface area (Å²) < 4.78 is 5.37. The monoisotopic (exact) mass is 469 g/mol. The molecule has 0 aliphatic carbocycles. The van der Waals surface area contributed by atoms with Crippen molar-refractivity contribution in [1.82, 2.24) is 4.90 Å². The Morgan fingerprint density at radius 2 is 1.60 bits per heavy atom. The highest BCUT2D eigenvalue weighted by atomic mass is 16.6. The van der Waals surface area contributed by atoms with Gasteiger partial charge in [-0.3, -0.25) is 19.4 Å². The number of piperidine rings is 1. The molecule has 0 saturated carbocycles. The van der Waals surface area contributed by atoms with Crippen molar-refractivity contribution in [1.29, 1.82) is 0 Å². The number of fused-ring (bicyclic) bond motifs is 1. The fraction of sp³-hybridized carbons (Fsp3) is 0.250. The maximum atomic E-state index is 12.7. The molecule has 1 saturated heterocycles. The standard InChI is InChI=1S/C28H27N3O4/c32-26(29-23-11-6-10-21(17-23)27(33)20-7-2-1-3-8-20)18-30-15-13-24(14-16-30)31-25-12-5-4-9-22(25)19-35-28(31)34/h1-12,17,24H,13-16,18-19H2,(H,29,32). The molecule has 0 aromatic heterocycles. The first-order valence-corrected chi connectivity index (χ1v) is 11.8. The Kier molecular flexibility index (Phi) is 6.59. The van der Waals surface area contributed by atoms with Crippen LogP contribution in [0.1, 0.15) is 34.3 Å². The van der Waals surface area contributed by atoms with Gasteiger partial charge >= 0.3 is 6.09 Å². The number of hydrogen-bond donors (Lipinski definition) is 1. The topological polar surface area (TPSA) is 79.0 Å². The lowest BCUT2D eigenvalue weighted by molar-refractivity contribution is -0.117. The number of ether oxygens (including phenoxy) is 1. The van der Waals surface area contributed by atoms with Crippen molar-refractivity contribution in [2.75, 3.05) is 29.9 Å². The molecule has 3 aromatic carbocycles. The second-order valence-electron chi connectivity index (χ2n) is 8.88. The van der Waals surface area contributed by atoms with E-state index in [1.807, 2.05) is 42.5 Å². The largest absolute Gasteiger partial charge is 0.444 e. The number of nitrogens with zero attached hydrogens (tertiary/aromatic N) is 2. The molecule has 178 valence electrons. The van der Waals surface area contributed by atoms with Crippen LogP contribution in [0.15, 0.2) is 78.9 Å². The van der Waals surface area contributed by atoms with E-state index in [0.717, 1.165) is 24.1 Å². The first-order chi connectivity index (χ1) is 17.1. The van der Waals surface area contributed by atoms with Crippen LogP contribution in [-0.2, 0) is 16.1 Å². The summed E-state index contributed by atoms with van der Waals surface area (Å²) in [5.41, 5.74) is 3.67. The lowest BCUT2D eigenvalue weighted by Gasteiger charge is -2.40. The molecule has 0 bridgehead atoms. The summed E-state index contributed by atoms with van der Waals surface area (Å²) in [5.74, 6) is -0.211. The predicted octanol–water partition coefficient (Wildman–Crippen LogP) is 4.48. The van der Waals surface area contributed by atoms with Crippen LogP contribution in [-0.4, -0.2) is 48.4 Å².